The van der Waals surface area contributed by atoms with E-state index < -0.39 is 52.6 Å². The third-order valence-electron chi connectivity index (χ3n) is 10.1. The van der Waals surface area contributed by atoms with Crippen molar-refractivity contribution in [3.8, 4) is 0 Å². The van der Waals surface area contributed by atoms with Crippen molar-refractivity contribution in [1.82, 2.24) is 9.80 Å². The Morgan fingerprint density at radius 3 is 2.60 bits per heavy atom. The maximum Gasteiger partial charge on any atom is 0.340 e. The quantitative estimate of drug-likeness (QED) is 0.318. The molecule has 0 radical (unpaired) electrons. The standard InChI is InChI=1S/C31H44N2O9/c1-18(34)41-21-15-30(2)20(7-8-22(30)35)24-26(21)31(3)23(17-39-5)42-29(38)19(25(31)28(37)27(24)36)16-32(4)9-6-10-33-11-13-40-14-12-33/h16,20-23,35,37H,6-15,17H2,1-5H3. The molecule has 0 aromatic heterocycles. The lowest BCUT2D eigenvalue weighted by atomic mass is 9.53. The second-order valence-corrected chi connectivity index (χ2v) is 12.7. The number of aliphatic hydroxyl groups is 2. The van der Waals surface area contributed by atoms with Crippen LogP contribution in [0.25, 0.3) is 0 Å². The van der Waals surface area contributed by atoms with Crippen LogP contribution in [0.4, 0.5) is 0 Å². The zero-order chi connectivity index (χ0) is 30.4. The minimum absolute atomic E-state index is 0.00398. The highest BCUT2D eigenvalue weighted by atomic mass is 16.6. The molecule has 2 saturated heterocycles. The first kappa shape index (κ1) is 30.7. The summed E-state index contributed by atoms with van der Waals surface area (Å²) >= 11 is 0. The molecule has 2 N–H and O–H groups in total. The number of ether oxygens (including phenoxy) is 4. The Morgan fingerprint density at radius 1 is 1.21 bits per heavy atom. The van der Waals surface area contributed by atoms with Gasteiger partial charge in [0.2, 0.25) is 5.78 Å². The molecule has 0 bridgehead atoms. The number of ketones is 1. The van der Waals surface area contributed by atoms with Crippen molar-refractivity contribution in [2.75, 3.05) is 60.2 Å². The summed E-state index contributed by atoms with van der Waals surface area (Å²) in [4.78, 5) is 44.2. The number of nitrogens with zero attached hydrogens (tertiary/aromatic N) is 2. The molecule has 1 saturated carbocycles. The Labute approximate surface area is 247 Å². The summed E-state index contributed by atoms with van der Waals surface area (Å²) in [5.41, 5.74) is -0.784. The van der Waals surface area contributed by atoms with Crippen molar-refractivity contribution in [2.45, 2.75) is 64.8 Å². The number of esters is 2. The zero-order valence-electron chi connectivity index (χ0n) is 25.3. The van der Waals surface area contributed by atoms with E-state index >= 15 is 0 Å². The SMILES string of the molecule is COCC1OC(=O)C(=CN(C)CCCN2CCOCC2)C2=C(O)C(=O)C3=C(C(OC(C)=O)CC4(C)C(O)CCC34)C21C. The van der Waals surface area contributed by atoms with Crippen LogP contribution in [0.3, 0.4) is 0 Å². The van der Waals surface area contributed by atoms with Gasteiger partial charge in [-0.15, -0.1) is 0 Å². The highest BCUT2D eigenvalue weighted by Crippen LogP contribution is 2.63. The minimum atomic E-state index is -1.22. The van der Waals surface area contributed by atoms with E-state index in [0.717, 1.165) is 39.3 Å². The molecule has 3 aliphatic carbocycles. The lowest BCUT2D eigenvalue weighted by molar-refractivity contribution is -0.161. The van der Waals surface area contributed by atoms with Crippen LogP contribution >= 0.6 is 0 Å². The Bertz CT molecular complexity index is 1220. The Kier molecular flexibility index (Phi) is 8.59. The van der Waals surface area contributed by atoms with Crippen molar-refractivity contribution in [3.05, 3.63) is 34.3 Å². The molecule has 11 nitrogen and oxygen atoms in total. The van der Waals surface area contributed by atoms with E-state index in [2.05, 4.69) is 4.90 Å². The van der Waals surface area contributed by atoms with Crippen LogP contribution in [0.2, 0.25) is 0 Å². The van der Waals surface area contributed by atoms with Crippen LogP contribution in [-0.4, -0.2) is 116 Å². The number of morpholine rings is 1. The molecule has 6 unspecified atom stereocenters. The number of carbonyl (C=O) groups is 3. The van der Waals surface area contributed by atoms with E-state index in [4.69, 9.17) is 18.9 Å². The molecule has 0 amide bonds. The fourth-order valence-corrected chi connectivity index (χ4v) is 7.93. The summed E-state index contributed by atoms with van der Waals surface area (Å²) in [5.74, 6) is -2.63. The molecular formula is C31H44N2O9. The Morgan fingerprint density at radius 2 is 1.93 bits per heavy atom. The molecule has 3 fully saturated rings. The van der Waals surface area contributed by atoms with Gasteiger partial charge in [-0.25, -0.2) is 4.79 Å². The molecule has 6 atom stereocenters. The number of fused-ring (bicyclic) bond motifs is 4. The van der Waals surface area contributed by atoms with Gasteiger partial charge in [-0.05, 0) is 44.1 Å². The number of carbonyl (C=O) groups excluding carboxylic acids is 3. The van der Waals surface area contributed by atoms with Gasteiger partial charge in [0.05, 0.1) is 36.9 Å². The van der Waals surface area contributed by atoms with Crippen LogP contribution in [0.1, 0.15) is 46.5 Å². The maximum absolute atomic E-state index is 14.1. The van der Waals surface area contributed by atoms with Gasteiger partial charge in [0.25, 0.3) is 0 Å². The van der Waals surface area contributed by atoms with Gasteiger partial charge in [0.1, 0.15) is 12.2 Å². The summed E-state index contributed by atoms with van der Waals surface area (Å²) < 4.78 is 22.8. The van der Waals surface area contributed by atoms with Gasteiger partial charge < -0.3 is 34.1 Å². The zero-order valence-corrected chi connectivity index (χ0v) is 25.3. The number of aliphatic hydroxyl groups excluding tert-OH is 2. The van der Waals surface area contributed by atoms with Gasteiger partial charge in [-0.1, -0.05) is 6.92 Å². The second-order valence-electron chi connectivity index (χ2n) is 12.7. The van der Waals surface area contributed by atoms with Crippen molar-refractivity contribution in [1.29, 1.82) is 0 Å². The molecular weight excluding hydrogens is 544 g/mol. The molecule has 2 aliphatic heterocycles. The van der Waals surface area contributed by atoms with Crippen molar-refractivity contribution >= 4 is 17.7 Å². The number of rotatable bonds is 8. The van der Waals surface area contributed by atoms with Gasteiger partial charge in [0, 0.05) is 70.0 Å². The highest BCUT2D eigenvalue weighted by Gasteiger charge is 2.64. The van der Waals surface area contributed by atoms with Gasteiger partial charge in [-0.2, -0.15) is 0 Å². The third kappa shape index (κ3) is 5.08. The summed E-state index contributed by atoms with van der Waals surface area (Å²) in [6, 6.07) is 0. The van der Waals surface area contributed by atoms with Crippen molar-refractivity contribution in [2.24, 2.45) is 16.7 Å². The number of cyclic esters (lactones) is 1. The largest absolute Gasteiger partial charge is 0.504 e. The normalized spacial score (nSPS) is 36.0. The lowest BCUT2D eigenvalue weighted by Crippen LogP contribution is -2.57. The summed E-state index contributed by atoms with van der Waals surface area (Å²) in [6.45, 7) is 9.78. The second kappa shape index (κ2) is 11.7. The molecule has 0 aromatic carbocycles. The summed E-state index contributed by atoms with van der Waals surface area (Å²) in [7, 11) is 3.34. The molecule has 0 spiro atoms. The Hall–Kier alpha value is -2.73. The average molecular weight is 589 g/mol. The Balaban J connectivity index is 1.56. The summed E-state index contributed by atoms with van der Waals surface area (Å²) in [5, 5.41) is 22.6. The first-order valence-corrected chi connectivity index (χ1v) is 14.9. The molecule has 11 heteroatoms. The molecule has 5 rings (SSSR count). The van der Waals surface area contributed by atoms with Crippen LogP contribution in [0.5, 0.6) is 0 Å². The average Bonchev–Trinajstić information content (AvgIpc) is 3.23. The van der Waals surface area contributed by atoms with Gasteiger partial charge in [-0.3, -0.25) is 14.5 Å². The first-order valence-electron chi connectivity index (χ1n) is 14.9. The highest BCUT2D eigenvalue weighted by molar-refractivity contribution is 6.13. The van der Waals surface area contributed by atoms with Crippen LogP contribution in [0, 0.1) is 16.7 Å². The number of allylic oxidation sites excluding steroid dienone is 1. The minimum Gasteiger partial charge on any atom is -0.504 e. The van der Waals surface area contributed by atoms with E-state index in [1.54, 1.807) is 6.20 Å². The van der Waals surface area contributed by atoms with Crippen LogP contribution in [0.15, 0.2) is 34.3 Å². The fraction of sp³-hybridized carbons (Fsp3) is 0.710. The molecule has 232 valence electrons. The number of methoxy groups -OCH3 is 1. The molecule has 42 heavy (non-hydrogen) atoms. The topological polar surface area (TPSA) is 135 Å². The smallest absolute Gasteiger partial charge is 0.340 e. The van der Waals surface area contributed by atoms with Crippen LogP contribution in [-0.2, 0) is 33.3 Å². The van der Waals surface area contributed by atoms with Crippen molar-refractivity contribution in [3.63, 3.8) is 0 Å². The van der Waals surface area contributed by atoms with E-state index in [0.29, 0.717) is 37.0 Å². The van der Waals surface area contributed by atoms with Crippen LogP contribution < -0.4 is 0 Å². The maximum atomic E-state index is 14.1. The summed E-state index contributed by atoms with van der Waals surface area (Å²) in [6.07, 6.45) is 1.40. The molecule has 2 heterocycles. The first-order chi connectivity index (χ1) is 19.9. The van der Waals surface area contributed by atoms with E-state index in [1.807, 2.05) is 25.8 Å². The predicted molar refractivity (Wildman–Crippen MR) is 151 cm³/mol. The fourth-order valence-electron chi connectivity index (χ4n) is 7.93. The third-order valence-corrected chi connectivity index (χ3v) is 10.1. The van der Waals surface area contributed by atoms with Crippen molar-refractivity contribution < 1.29 is 43.5 Å². The number of Topliss-reactive ketones (excluding diaryl/α,β-unsaturated/α-hetero) is 1. The number of hydrogen-bond acceptors (Lipinski definition) is 11. The number of hydrogen-bond donors (Lipinski definition) is 2. The van der Waals surface area contributed by atoms with E-state index in [-0.39, 0.29) is 23.7 Å². The molecule has 5 aliphatic rings. The lowest BCUT2D eigenvalue weighted by Gasteiger charge is -2.54. The van der Waals surface area contributed by atoms with E-state index in [9.17, 15) is 24.6 Å². The van der Waals surface area contributed by atoms with E-state index in [1.165, 1.54) is 14.0 Å². The predicted octanol–water partition coefficient (Wildman–Crippen LogP) is 1.91. The monoisotopic (exact) mass is 588 g/mol. The van der Waals surface area contributed by atoms with Gasteiger partial charge in [0.15, 0.2) is 5.76 Å². The molecule has 0 aromatic rings. The van der Waals surface area contributed by atoms with Gasteiger partial charge >= 0.3 is 11.9 Å².